The SMILES string of the molecule is Nc1ccc(CC(c2ccccc2Cl)C(C(=O)O)C(=O)O)cc1C(F)(F)F. The minimum atomic E-state index is -4.70. The van der Waals surface area contributed by atoms with E-state index in [1.54, 1.807) is 12.1 Å². The van der Waals surface area contributed by atoms with E-state index in [9.17, 15) is 33.0 Å². The molecule has 0 radical (unpaired) electrons. The Morgan fingerprint density at radius 2 is 1.67 bits per heavy atom. The zero-order chi connectivity index (χ0) is 20.4. The van der Waals surface area contributed by atoms with Crippen LogP contribution in [-0.4, -0.2) is 22.2 Å². The van der Waals surface area contributed by atoms with Crippen molar-refractivity contribution in [2.75, 3.05) is 5.73 Å². The van der Waals surface area contributed by atoms with Crippen LogP contribution in [-0.2, 0) is 22.2 Å². The Kier molecular flexibility index (Phi) is 6.00. The van der Waals surface area contributed by atoms with Crippen LogP contribution in [0.1, 0.15) is 22.6 Å². The average Bonchev–Trinajstić information content (AvgIpc) is 2.54. The second-order valence-corrected chi connectivity index (χ2v) is 6.31. The maximum atomic E-state index is 13.1. The highest BCUT2D eigenvalue weighted by molar-refractivity contribution is 6.31. The largest absolute Gasteiger partial charge is 0.481 e. The van der Waals surface area contributed by atoms with Gasteiger partial charge in [0.25, 0.3) is 0 Å². The topological polar surface area (TPSA) is 101 Å². The summed E-state index contributed by atoms with van der Waals surface area (Å²) in [5, 5.41) is 18.8. The standard InChI is InChI=1S/C18H15ClF3NO4/c19-13-4-2-1-3-10(13)11(15(16(24)25)17(26)27)7-9-5-6-14(23)12(8-9)18(20,21)22/h1-6,8,11,15H,7,23H2,(H,24,25)(H,26,27). The molecular formula is C18H15ClF3NO4. The van der Waals surface area contributed by atoms with Gasteiger partial charge >= 0.3 is 18.1 Å². The molecule has 2 aromatic rings. The molecule has 0 aliphatic rings. The number of benzene rings is 2. The fraction of sp³-hybridized carbons (Fsp3) is 0.222. The van der Waals surface area contributed by atoms with Gasteiger partial charge in [0.05, 0.1) is 5.56 Å². The molecule has 1 atom stereocenters. The third kappa shape index (κ3) is 4.71. The van der Waals surface area contributed by atoms with E-state index in [0.29, 0.717) is 0 Å². The normalized spacial score (nSPS) is 12.8. The lowest BCUT2D eigenvalue weighted by molar-refractivity contribution is -0.155. The summed E-state index contributed by atoms with van der Waals surface area (Å²) in [6, 6.07) is 9.17. The van der Waals surface area contributed by atoms with Crippen LogP contribution in [0.2, 0.25) is 5.02 Å². The summed E-state index contributed by atoms with van der Waals surface area (Å²) in [6.07, 6.45) is -4.98. The number of anilines is 1. The minimum absolute atomic E-state index is 0.0916. The Morgan fingerprint density at radius 3 is 2.19 bits per heavy atom. The van der Waals surface area contributed by atoms with E-state index in [-0.39, 0.29) is 22.6 Å². The Bertz CT molecular complexity index is 856. The second kappa shape index (κ2) is 7.87. The minimum Gasteiger partial charge on any atom is -0.481 e. The molecule has 9 heteroatoms. The van der Waals surface area contributed by atoms with E-state index in [0.717, 1.165) is 12.1 Å². The van der Waals surface area contributed by atoms with Crippen LogP contribution in [0.15, 0.2) is 42.5 Å². The monoisotopic (exact) mass is 401 g/mol. The Labute approximate surface area is 157 Å². The van der Waals surface area contributed by atoms with E-state index in [1.807, 2.05) is 0 Å². The predicted octanol–water partition coefficient (Wildman–Crippen LogP) is 4.05. The second-order valence-electron chi connectivity index (χ2n) is 5.91. The number of hydrogen-bond donors (Lipinski definition) is 3. The van der Waals surface area contributed by atoms with Crippen LogP contribution in [0.5, 0.6) is 0 Å². The van der Waals surface area contributed by atoms with Crippen LogP contribution >= 0.6 is 11.6 Å². The molecule has 27 heavy (non-hydrogen) atoms. The fourth-order valence-corrected chi connectivity index (χ4v) is 3.14. The lowest BCUT2D eigenvalue weighted by Crippen LogP contribution is -2.31. The summed E-state index contributed by atoms with van der Waals surface area (Å²) < 4.78 is 39.2. The van der Waals surface area contributed by atoms with Crippen molar-refractivity contribution in [1.82, 2.24) is 0 Å². The van der Waals surface area contributed by atoms with Crippen LogP contribution in [0, 0.1) is 5.92 Å². The number of hydrogen-bond acceptors (Lipinski definition) is 3. The summed E-state index contributed by atoms with van der Waals surface area (Å²) in [4.78, 5) is 23.0. The maximum absolute atomic E-state index is 13.1. The van der Waals surface area contributed by atoms with Gasteiger partial charge in [0.1, 0.15) is 0 Å². The molecule has 0 aromatic heterocycles. The highest BCUT2D eigenvalue weighted by Crippen LogP contribution is 2.37. The van der Waals surface area contributed by atoms with Gasteiger partial charge in [0, 0.05) is 16.6 Å². The number of nitrogen functional groups attached to an aromatic ring is 1. The van der Waals surface area contributed by atoms with Gasteiger partial charge in [-0.15, -0.1) is 0 Å². The van der Waals surface area contributed by atoms with E-state index in [4.69, 9.17) is 17.3 Å². The smallest absolute Gasteiger partial charge is 0.418 e. The molecule has 0 spiro atoms. The molecule has 0 aliphatic heterocycles. The molecule has 144 valence electrons. The van der Waals surface area contributed by atoms with Gasteiger partial charge in [-0.2, -0.15) is 13.2 Å². The Hall–Kier alpha value is -2.74. The van der Waals surface area contributed by atoms with Crippen molar-refractivity contribution >= 4 is 29.2 Å². The van der Waals surface area contributed by atoms with Crippen molar-refractivity contribution in [2.24, 2.45) is 5.92 Å². The van der Waals surface area contributed by atoms with Gasteiger partial charge in [-0.05, 0) is 35.7 Å². The highest BCUT2D eigenvalue weighted by atomic mass is 35.5. The molecule has 0 saturated carbocycles. The molecule has 2 rings (SSSR count). The van der Waals surface area contributed by atoms with E-state index < -0.39 is 41.2 Å². The zero-order valence-electron chi connectivity index (χ0n) is 13.7. The van der Waals surface area contributed by atoms with Crippen LogP contribution in [0.3, 0.4) is 0 Å². The highest BCUT2D eigenvalue weighted by Gasteiger charge is 2.38. The Morgan fingerprint density at radius 1 is 1.07 bits per heavy atom. The summed E-state index contributed by atoms with van der Waals surface area (Å²) >= 11 is 6.08. The first kappa shape index (κ1) is 20.6. The molecule has 0 aliphatic carbocycles. The first-order valence-corrected chi connectivity index (χ1v) is 8.05. The molecule has 0 amide bonds. The quantitative estimate of drug-likeness (QED) is 0.500. The van der Waals surface area contributed by atoms with E-state index >= 15 is 0 Å². The molecule has 0 heterocycles. The van der Waals surface area contributed by atoms with Gasteiger partial charge < -0.3 is 15.9 Å². The maximum Gasteiger partial charge on any atom is 0.418 e. The number of nitrogens with two attached hydrogens (primary N) is 1. The van der Waals surface area contributed by atoms with Gasteiger partial charge in [-0.1, -0.05) is 35.9 Å². The molecule has 2 aromatic carbocycles. The number of carboxylic acids is 2. The summed E-state index contributed by atoms with van der Waals surface area (Å²) in [5.74, 6) is -6.30. The van der Waals surface area contributed by atoms with Crippen molar-refractivity contribution in [2.45, 2.75) is 18.5 Å². The molecule has 5 nitrogen and oxygen atoms in total. The number of halogens is 4. The number of alkyl halides is 3. The lowest BCUT2D eigenvalue weighted by atomic mass is 9.81. The van der Waals surface area contributed by atoms with Crippen molar-refractivity contribution in [1.29, 1.82) is 0 Å². The van der Waals surface area contributed by atoms with Crippen molar-refractivity contribution < 1.29 is 33.0 Å². The summed E-state index contributed by atoms with van der Waals surface area (Å²) in [5.41, 5.74) is 4.13. The molecule has 1 unspecified atom stereocenters. The van der Waals surface area contributed by atoms with E-state index in [2.05, 4.69) is 0 Å². The fourth-order valence-electron chi connectivity index (χ4n) is 2.86. The number of aliphatic carboxylic acids is 2. The van der Waals surface area contributed by atoms with Crippen LogP contribution in [0.4, 0.5) is 18.9 Å². The molecule has 0 bridgehead atoms. The van der Waals surface area contributed by atoms with Crippen molar-refractivity contribution in [3.63, 3.8) is 0 Å². The van der Waals surface area contributed by atoms with Gasteiger partial charge in [0.2, 0.25) is 0 Å². The first-order valence-electron chi connectivity index (χ1n) is 7.68. The Balaban J connectivity index is 2.55. The summed E-state index contributed by atoms with van der Waals surface area (Å²) in [6.45, 7) is 0. The average molecular weight is 402 g/mol. The van der Waals surface area contributed by atoms with Crippen molar-refractivity contribution in [3.8, 4) is 0 Å². The van der Waals surface area contributed by atoms with Crippen LogP contribution < -0.4 is 5.73 Å². The molecule has 4 N–H and O–H groups in total. The van der Waals surface area contributed by atoms with Gasteiger partial charge in [-0.3, -0.25) is 9.59 Å². The molecule has 0 fully saturated rings. The van der Waals surface area contributed by atoms with Gasteiger partial charge in [0.15, 0.2) is 5.92 Å². The molecule has 0 saturated heterocycles. The number of carboxylic acid groups (broad SMARTS) is 2. The third-order valence-electron chi connectivity index (χ3n) is 4.12. The third-order valence-corrected chi connectivity index (χ3v) is 4.46. The number of carbonyl (C=O) groups is 2. The van der Waals surface area contributed by atoms with Crippen molar-refractivity contribution in [3.05, 3.63) is 64.2 Å². The first-order chi connectivity index (χ1) is 12.5. The van der Waals surface area contributed by atoms with Crippen LogP contribution in [0.25, 0.3) is 0 Å². The predicted molar refractivity (Wildman–Crippen MR) is 92.5 cm³/mol. The van der Waals surface area contributed by atoms with Gasteiger partial charge in [-0.25, -0.2) is 0 Å². The van der Waals surface area contributed by atoms with E-state index in [1.165, 1.54) is 18.2 Å². The number of rotatable bonds is 6. The molecular weight excluding hydrogens is 387 g/mol. The summed E-state index contributed by atoms with van der Waals surface area (Å²) in [7, 11) is 0. The lowest BCUT2D eigenvalue weighted by Gasteiger charge is -2.23. The zero-order valence-corrected chi connectivity index (χ0v) is 14.5.